The van der Waals surface area contributed by atoms with Crippen LogP contribution in [0.2, 0.25) is 0 Å². The molecule has 0 bridgehead atoms. The monoisotopic (exact) mass is 460 g/mol. The maximum absolute atomic E-state index is 14.4. The van der Waals surface area contributed by atoms with Crippen molar-refractivity contribution in [2.45, 2.75) is 50.3 Å². The lowest BCUT2D eigenvalue weighted by molar-refractivity contribution is -0.248. The van der Waals surface area contributed by atoms with Crippen LogP contribution in [-0.2, 0) is 23.4 Å². The highest BCUT2D eigenvalue weighted by Crippen LogP contribution is 2.38. The van der Waals surface area contributed by atoms with E-state index >= 15 is 0 Å². The Balaban J connectivity index is 1.59. The molecule has 3 rings (SSSR count). The molecule has 2 aromatic carbocycles. The summed E-state index contributed by atoms with van der Waals surface area (Å²) >= 11 is 0. The van der Waals surface area contributed by atoms with E-state index < -0.39 is 36.1 Å². The Kier molecular flexibility index (Phi) is 7.32. The third-order valence-electron chi connectivity index (χ3n) is 5.88. The van der Waals surface area contributed by atoms with Crippen molar-refractivity contribution in [3.63, 3.8) is 0 Å². The predicted molar refractivity (Wildman–Crippen MR) is 106 cm³/mol. The zero-order chi connectivity index (χ0) is 23.5. The minimum atomic E-state index is -5.19. The van der Waals surface area contributed by atoms with Crippen molar-refractivity contribution in [1.29, 1.82) is 0 Å². The molecular formula is C24H23F7O. The third-order valence-corrected chi connectivity index (χ3v) is 5.88. The van der Waals surface area contributed by atoms with Crippen molar-refractivity contribution < 1.29 is 35.5 Å². The van der Waals surface area contributed by atoms with E-state index in [9.17, 15) is 30.7 Å². The molecule has 174 valence electrons. The Bertz CT molecular complexity index is 903. The fraction of sp³-hybridized carbons (Fsp3) is 0.417. The smallest absolute Gasteiger partial charge is 0.316 e. The lowest BCUT2D eigenvalue weighted by Crippen LogP contribution is -2.20. The molecule has 0 saturated heterocycles. The molecule has 0 amide bonds. The number of hydrogen-bond donors (Lipinski definition) is 0. The molecule has 8 heteroatoms. The summed E-state index contributed by atoms with van der Waals surface area (Å²) < 4.78 is 98.4. The van der Waals surface area contributed by atoms with Crippen LogP contribution in [0.1, 0.15) is 53.9 Å². The third kappa shape index (κ3) is 5.71. The van der Waals surface area contributed by atoms with Gasteiger partial charge in [0.25, 0.3) is 0 Å². The molecule has 1 aliphatic carbocycles. The standard InChI is InChI=1S/C24H23F7O/c1-2-15-3-5-17(6-4-15)18-7-9-19(10-8-18)24(30,31)32-12-11-16-13-20(25)22(21(26)14-16)23(27,28)29/h2,7-10,13-15,17H,1,3-6,11-12H2. The first-order valence-electron chi connectivity index (χ1n) is 10.3. The van der Waals surface area contributed by atoms with Gasteiger partial charge in [-0.15, -0.1) is 6.58 Å². The van der Waals surface area contributed by atoms with Crippen LogP contribution in [0.4, 0.5) is 30.7 Å². The molecule has 0 aliphatic heterocycles. The van der Waals surface area contributed by atoms with Crippen molar-refractivity contribution in [1.82, 2.24) is 0 Å². The quantitative estimate of drug-likeness (QED) is 0.303. The average molecular weight is 460 g/mol. The first kappa shape index (κ1) is 24.3. The van der Waals surface area contributed by atoms with Crippen LogP contribution in [0.25, 0.3) is 0 Å². The molecule has 0 radical (unpaired) electrons. The van der Waals surface area contributed by atoms with Crippen LogP contribution < -0.4 is 0 Å². The largest absolute Gasteiger partial charge is 0.422 e. The minimum Gasteiger partial charge on any atom is -0.316 e. The van der Waals surface area contributed by atoms with Crippen molar-refractivity contribution in [3.05, 3.63) is 82.9 Å². The van der Waals surface area contributed by atoms with Gasteiger partial charge in [-0.05, 0) is 67.2 Å². The van der Waals surface area contributed by atoms with Gasteiger partial charge in [-0.25, -0.2) is 8.78 Å². The van der Waals surface area contributed by atoms with Gasteiger partial charge in [-0.3, -0.25) is 0 Å². The predicted octanol–water partition coefficient (Wildman–Crippen LogP) is 7.75. The number of hydrogen-bond acceptors (Lipinski definition) is 1. The molecule has 1 fully saturated rings. The summed E-state index contributed by atoms with van der Waals surface area (Å²) in [5, 5.41) is 0. The van der Waals surface area contributed by atoms with Crippen LogP contribution in [0.3, 0.4) is 0 Å². The molecule has 0 heterocycles. The van der Waals surface area contributed by atoms with E-state index in [1.807, 2.05) is 6.08 Å². The number of alkyl halides is 5. The Morgan fingerprint density at radius 2 is 1.47 bits per heavy atom. The van der Waals surface area contributed by atoms with E-state index in [2.05, 4.69) is 11.3 Å². The maximum atomic E-state index is 14.4. The molecule has 1 saturated carbocycles. The van der Waals surface area contributed by atoms with E-state index in [1.54, 1.807) is 12.1 Å². The van der Waals surface area contributed by atoms with E-state index in [-0.39, 0.29) is 17.5 Å². The van der Waals surface area contributed by atoms with Crippen LogP contribution in [0, 0.1) is 17.6 Å². The molecule has 0 unspecified atom stereocenters. The van der Waals surface area contributed by atoms with E-state index in [1.165, 1.54) is 12.1 Å². The molecular weight excluding hydrogens is 437 g/mol. The van der Waals surface area contributed by atoms with Crippen LogP contribution in [0.15, 0.2) is 49.1 Å². The lowest BCUT2D eigenvalue weighted by atomic mass is 9.79. The van der Waals surface area contributed by atoms with Crippen LogP contribution in [0.5, 0.6) is 0 Å². The number of ether oxygens (including phenoxy) is 1. The zero-order valence-corrected chi connectivity index (χ0v) is 17.2. The average Bonchev–Trinajstić information content (AvgIpc) is 2.72. The van der Waals surface area contributed by atoms with Gasteiger partial charge in [0, 0.05) is 0 Å². The second-order valence-corrected chi connectivity index (χ2v) is 8.02. The van der Waals surface area contributed by atoms with Gasteiger partial charge in [0.2, 0.25) is 0 Å². The van der Waals surface area contributed by atoms with Gasteiger partial charge in [0.1, 0.15) is 17.2 Å². The van der Waals surface area contributed by atoms with Gasteiger partial charge in [0.15, 0.2) is 0 Å². The minimum absolute atomic E-state index is 0.214. The van der Waals surface area contributed by atoms with Crippen molar-refractivity contribution in [3.8, 4) is 0 Å². The van der Waals surface area contributed by atoms with Gasteiger partial charge < -0.3 is 4.74 Å². The molecule has 0 N–H and O–H groups in total. The molecule has 0 atom stereocenters. The Morgan fingerprint density at radius 1 is 0.906 bits per heavy atom. The summed E-state index contributed by atoms with van der Waals surface area (Å²) in [5.41, 5.74) is -1.62. The number of rotatable bonds is 7. The summed E-state index contributed by atoms with van der Waals surface area (Å²) in [5.74, 6) is -2.79. The lowest BCUT2D eigenvalue weighted by Gasteiger charge is -2.27. The summed E-state index contributed by atoms with van der Waals surface area (Å²) in [7, 11) is 0. The molecule has 1 aliphatic rings. The van der Waals surface area contributed by atoms with Crippen molar-refractivity contribution in [2.24, 2.45) is 5.92 Å². The van der Waals surface area contributed by atoms with Crippen molar-refractivity contribution >= 4 is 0 Å². The number of benzene rings is 2. The second kappa shape index (κ2) is 9.65. The zero-order valence-electron chi connectivity index (χ0n) is 17.2. The highest BCUT2D eigenvalue weighted by Gasteiger charge is 2.38. The van der Waals surface area contributed by atoms with Gasteiger partial charge >= 0.3 is 12.3 Å². The summed E-state index contributed by atoms with van der Waals surface area (Å²) in [6.07, 6.45) is -3.32. The molecule has 2 aromatic rings. The maximum Gasteiger partial charge on any atom is 0.422 e. The summed E-state index contributed by atoms with van der Waals surface area (Å²) in [6, 6.07) is 6.81. The molecule has 0 spiro atoms. The Hall–Kier alpha value is -2.35. The second-order valence-electron chi connectivity index (χ2n) is 8.02. The van der Waals surface area contributed by atoms with Crippen molar-refractivity contribution in [2.75, 3.05) is 6.61 Å². The van der Waals surface area contributed by atoms with E-state index in [4.69, 9.17) is 0 Å². The fourth-order valence-corrected chi connectivity index (χ4v) is 4.06. The topological polar surface area (TPSA) is 9.23 Å². The molecule has 32 heavy (non-hydrogen) atoms. The summed E-state index contributed by atoms with van der Waals surface area (Å²) in [6.45, 7) is 3.17. The molecule has 0 aromatic heterocycles. The number of allylic oxidation sites excluding steroid dienone is 1. The fourth-order valence-electron chi connectivity index (χ4n) is 4.06. The highest BCUT2D eigenvalue weighted by atomic mass is 19.4. The number of halogens is 7. The first-order chi connectivity index (χ1) is 15.0. The van der Waals surface area contributed by atoms with E-state index in [0.717, 1.165) is 31.2 Å². The van der Waals surface area contributed by atoms with Crippen LogP contribution >= 0.6 is 0 Å². The normalized spacial score (nSPS) is 19.7. The Morgan fingerprint density at radius 3 is 1.97 bits per heavy atom. The SMILES string of the molecule is C=CC1CCC(c2ccc(C(F)(F)OCCc3cc(F)c(C(F)(F)F)c(F)c3)cc2)CC1. The van der Waals surface area contributed by atoms with Gasteiger partial charge in [-0.2, -0.15) is 22.0 Å². The van der Waals surface area contributed by atoms with E-state index in [0.29, 0.717) is 24.0 Å². The first-order valence-corrected chi connectivity index (χ1v) is 10.3. The van der Waals surface area contributed by atoms with Gasteiger partial charge in [0.05, 0.1) is 12.2 Å². The molecule has 1 nitrogen and oxygen atoms in total. The Labute approximate surface area is 181 Å². The van der Waals surface area contributed by atoms with Gasteiger partial charge in [-0.1, -0.05) is 30.3 Å². The summed E-state index contributed by atoms with van der Waals surface area (Å²) in [4.78, 5) is 0. The van der Waals surface area contributed by atoms with Crippen LogP contribution in [-0.4, -0.2) is 6.61 Å². The highest BCUT2D eigenvalue weighted by molar-refractivity contribution is 5.29.